The minimum absolute atomic E-state index is 0.0131. The number of halogens is 1. The fourth-order valence-electron chi connectivity index (χ4n) is 4.43. The van der Waals surface area contributed by atoms with Crippen LogP contribution in [0.1, 0.15) is 63.5 Å². The van der Waals surface area contributed by atoms with Crippen molar-refractivity contribution in [1.82, 2.24) is 9.80 Å². The summed E-state index contributed by atoms with van der Waals surface area (Å²) < 4.78 is 13.3. The molecule has 0 bridgehead atoms. The summed E-state index contributed by atoms with van der Waals surface area (Å²) in [5, 5.41) is 3.11. The molecule has 2 aromatic rings. The zero-order valence-electron chi connectivity index (χ0n) is 20.8. The van der Waals surface area contributed by atoms with Crippen LogP contribution in [0.3, 0.4) is 0 Å². The maximum atomic E-state index is 13.4. The Hall–Kier alpha value is -3.42. The van der Waals surface area contributed by atoms with Gasteiger partial charge < -0.3 is 15.1 Å². The molecule has 1 aliphatic heterocycles. The van der Waals surface area contributed by atoms with Gasteiger partial charge in [0.2, 0.25) is 11.8 Å². The van der Waals surface area contributed by atoms with E-state index >= 15 is 0 Å². The first-order chi connectivity index (χ1) is 16.7. The maximum Gasteiger partial charge on any atom is 0.322 e. The number of rotatable bonds is 7. The lowest BCUT2D eigenvalue weighted by Crippen LogP contribution is -2.45. The molecule has 4 amide bonds. The number of hydrogen-bond acceptors (Lipinski definition) is 3. The largest absolute Gasteiger partial charge is 0.322 e. The predicted molar refractivity (Wildman–Crippen MR) is 134 cm³/mol. The van der Waals surface area contributed by atoms with Crippen molar-refractivity contribution in [2.45, 2.75) is 58.4 Å². The van der Waals surface area contributed by atoms with Crippen LogP contribution in [-0.4, -0.2) is 53.4 Å². The summed E-state index contributed by atoms with van der Waals surface area (Å²) in [6.07, 6.45) is 1.70. The second-order valence-corrected chi connectivity index (χ2v) is 9.94. The normalized spacial score (nSPS) is 15.8. The van der Waals surface area contributed by atoms with Gasteiger partial charge in [-0.2, -0.15) is 0 Å². The lowest BCUT2D eigenvalue weighted by Gasteiger charge is -2.27. The molecule has 0 spiro atoms. The Kier molecular flexibility index (Phi) is 7.10. The fraction of sp³-hybridized carbons (Fsp3) is 0.444. The molecule has 0 aromatic heterocycles. The third-order valence-corrected chi connectivity index (χ3v) is 6.59. The second-order valence-electron chi connectivity index (χ2n) is 9.94. The van der Waals surface area contributed by atoms with Crippen molar-refractivity contribution < 1.29 is 18.8 Å². The molecule has 0 unspecified atom stereocenters. The molecule has 7 nitrogen and oxygen atoms in total. The molecule has 2 fully saturated rings. The Morgan fingerprint density at radius 3 is 2.17 bits per heavy atom. The molecule has 1 N–H and O–H groups in total. The number of amides is 4. The van der Waals surface area contributed by atoms with Crippen LogP contribution >= 0.6 is 0 Å². The summed E-state index contributed by atoms with van der Waals surface area (Å²) in [6, 6.07) is 11.4. The first-order valence-electron chi connectivity index (χ1n) is 12.2. The number of anilines is 2. The molecular weight excluding hydrogens is 447 g/mol. The van der Waals surface area contributed by atoms with Crippen molar-refractivity contribution in [2.24, 2.45) is 0 Å². The standard InChI is InChI=1S/C27H33FN4O3/c1-17(2)22-6-5-7-23(18(3)4)26(22)29-27(35)31(20-12-13-20)15-24(33)30-14-25(34)32(16-30)21-10-8-19(28)9-11-21/h5-11,17-18,20H,12-16H2,1-4H3,(H,29,35). The third kappa shape index (κ3) is 5.47. The van der Waals surface area contributed by atoms with E-state index in [9.17, 15) is 18.8 Å². The Morgan fingerprint density at radius 1 is 1.03 bits per heavy atom. The van der Waals surface area contributed by atoms with E-state index in [1.54, 1.807) is 4.90 Å². The van der Waals surface area contributed by atoms with Crippen molar-refractivity contribution in [3.63, 3.8) is 0 Å². The number of hydrogen-bond donors (Lipinski definition) is 1. The highest BCUT2D eigenvalue weighted by Gasteiger charge is 2.38. The van der Waals surface area contributed by atoms with Crippen LogP contribution < -0.4 is 10.2 Å². The molecule has 35 heavy (non-hydrogen) atoms. The van der Waals surface area contributed by atoms with Gasteiger partial charge in [-0.05, 0) is 60.1 Å². The monoisotopic (exact) mass is 480 g/mol. The van der Waals surface area contributed by atoms with Crippen LogP contribution in [0.4, 0.5) is 20.6 Å². The van der Waals surface area contributed by atoms with Gasteiger partial charge in [0.15, 0.2) is 0 Å². The third-order valence-electron chi connectivity index (χ3n) is 6.59. The van der Waals surface area contributed by atoms with Crippen molar-refractivity contribution in [2.75, 3.05) is 30.0 Å². The summed E-state index contributed by atoms with van der Waals surface area (Å²) in [5.74, 6) is -0.453. The number of nitrogens with zero attached hydrogens (tertiary/aromatic N) is 3. The topological polar surface area (TPSA) is 73.0 Å². The lowest BCUT2D eigenvalue weighted by atomic mass is 9.93. The second kappa shape index (κ2) is 10.1. The van der Waals surface area contributed by atoms with E-state index in [2.05, 4.69) is 33.0 Å². The van der Waals surface area contributed by atoms with Gasteiger partial charge in [-0.25, -0.2) is 9.18 Å². The number of urea groups is 1. The Balaban J connectivity index is 1.48. The van der Waals surface area contributed by atoms with Crippen molar-refractivity contribution in [1.29, 1.82) is 0 Å². The average molecular weight is 481 g/mol. The van der Waals surface area contributed by atoms with E-state index in [1.807, 2.05) is 18.2 Å². The van der Waals surface area contributed by atoms with Crippen LogP contribution in [0.15, 0.2) is 42.5 Å². The average Bonchev–Trinajstić information content (AvgIpc) is 3.58. The van der Waals surface area contributed by atoms with E-state index in [-0.39, 0.29) is 61.3 Å². The van der Waals surface area contributed by atoms with Gasteiger partial charge in [-0.3, -0.25) is 14.5 Å². The van der Waals surface area contributed by atoms with E-state index in [4.69, 9.17) is 0 Å². The van der Waals surface area contributed by atoms with E-state index in [1.165, 1.54) is 34.1 Å². The molecule has 0 radical (unpaired) electrons. The van der Waals surface area contributed by atoms with Gasteiger partial charge in [0.1, 0.15) is 25.6 Å². The maximum absolute atomic E-state index is 13.4. The van der Waals surface area contributed by atoms with Crippen LogP contribution in [0.2, 0.25) is 0 Å². The fourth-order valence-corrected chi connectivity index (χ4v) is 4.43. The smallest absolute Gasteiger partial charge is 0.314 e. The highest BCUT2D eigenvalue weighted by Crippen LogP contribution is 2.34. The van der Waals surface area contributed by atoms with Crippen LogP contribution in [0, 0.1) is 5.82 Å². The number of benzene rings is 2. The molecule has 8 heteroatoms. The van der Waals surface area contributed by atoms with Gasteiger partial charge in [0, 0.05) is 17.4 Å². The summed E-state index contributed by atoms with van der Waals surface area (Å²) in [6.45, 7) is 8.29. The molecule has 1 heterocycles. The molecule has 1 saturated carbocycles. The Labute approximate surface area is 205 Å². The summed E-state index contributed by atoms with van der Waals surface area (Å²) in [4.78, 5) is 43.6. The molecule has 1 aliphatic carbocycles. The van der Waals surface area contributed by atoms with Gasteiger partial charge in [0.05, 0.1) is 0 Å². The number of para-hydroxylation sites is 1. The van der Waals surface area contributed by atoms with E-state index in [0.717, 1.165) is 29.7 Å². The molecule has 186 valence electrons. The zero-order chi connectivity index (χ0) is 25.3. The number of carbonyl (C=O) groups is 3. The quantitative estimate of drug-likeness (QED) is 0.613. The Morgan fingerprint density at radius 2 is 1.63 bits per heavy atom. The summed E-state index contributed by atoms with van der Waals surface area (Å²) in [5.41, 5.74) is 3.48. The summed E-state index contributed by atoms with van der Waals surface area (Å²) >= 11 is 0. The first kappa shape index (κ1) is 24.7. The van der Waals surface area contributed by atoms with E-state index < -0.39 is 0 Å². The Bertz CT molecular complexity index is 1090. The van der Waals surface area contributed by atoms with E-state index in [0.29, 0.717) is 5.69 Å². The van der Waals surface area contributed by atoms with Gasteiger partial charge >= 0.3 is 6.03 Å². The van der Waals surface area contributed by atoms with Crippen molar-refractivity contribution >= 4 is 29.2 Å². The van der Waals surface area contributed by atoms with Gasteiger partial charge in [-0.1, -0.05) is 45.9 Å². The number of carbonyl (C=O) groups excluding carboxylic acids is 3. The molecule has 1 saturated heterocycles. The lowest BCUT2D eigenvalue weighted by molar-refractivity contribution is -0.132. The van der Waals surface area contributed by atoms with Crippen LogP contribution in [0.25, 0.3) is 0 Å². The van der Waals surface area contributed by atoms with Crippen LogP contribution in [0.5, 0.6) is 0 Å². The first-order valence-corrected chi connectivity index (χ1v) is 12.2. The highest BCUT2D eigenvalue weighted by atomic mass is 19.1. The summed E-state index contributed by atoms with van der Waals surface area (Å²) in [7, 11) is 0. The molecule has 4 rings (SSSR count). The highest BCUT2D eigenvalue weighted by molar-refractivity contribution is 6.01. The molecule has 2 aliphatic rings. The minimum Gasteiger partial charge on any atom is -0.314 e. The van der Waals surface area contributed by atoms with Crippen molar-refractivity contribution in [3.05, 3.63) is 59.4 Å². The number of nitrogens with one attached hydrogen (secondary N) is 1. The van der Waals surface area contributed by atoms with Crippen molar-refractivity contribution in [3.8, 4) is 0 Å². The SMILES string of the molecule is CC(C)c1cccc(C(C)C)c1NC(=O)N(CC(=O)N1CC(=O)N(c2ccc(F)cc2)C1)C1CC1. The van der Waals surface area contributed by atoms with Crippen LogP contribution in [-0.2, 0) is 9.59 Å². The minimum atomic E-state index is -0.390. The molecule has 0 atom stereocenters. The molecular formula is C27H33FN4O3. The predicted octanol–water partition coefficient (Wildman–Crippen LogP) is 4.90. The zero-order valence-corrected chi connectivity index (χ0v) is 20.8. The molecule has 2 aromatic carbocycles. The van der Waals surface area contributed by atoms with Gasteiger partial charge in [-0.15, -0.1) is 0 Å². The van der Waals surface area contributed by atoms with Gasteiger partial charge in [0.25, 0.3) is 0 Å².